The molecular formula is C15H18O. The fourth-order valence-electron chi connectivity index (χ4n) is 1.98. The Kier molecular flexibility index (Phi) is 3.81. The Morgan fingerprint density at radius 3 is 2.56 bits per heavy atom. The van der Waals surface area contributed by atoms with Gasteiger partial charge in [-0.1, -0.05) is 35.9 Å². The monoisotopic (exact) mass is 214 g/mol. The number of allylic oxidation sites excluding steroid dienone is 4. The third-order valence-electron chi connectivity index (χ3n) is 2.94. The first-order chi connectivity index (χ1) is 7.88. The normalized spacial score (nSPS) is 13.9. The minimum atomic E-state index is 0.935. The van der Waals surface area contributed by atoms with Crippen molar-refractivity contribution in [2.45, 2.75) is 25.7 Å². The standard InChI is InChI=1S/C15H18O/c1-16-15-11-9-14(10-12-15)8-4-7-13-5-2-3-6-13/h2,5-6,9-12H,3-4,7-8H2,1H3. The quantitative estimate of drug-likeness (QED) is 0.722. The molecule has 0 atom stereocenters. The maximum Gasteiger partial charge on any atom is 0.118 e. The molecule has 0 saturated heterocycles. The van der Waals surface area contributed by atoms with Crippen LogP contribution < -0.4 is 4.74 Å². The highest BCUT2D eigenvalue weighted by Gasteiger charge is 1.99. The predicted octanol–water partition coefficient (Wildman–Crippen LogP) is 3.90. The van der Waals surface area contributed by atoms with E-state index in [1.807, 2.05) is 12.1 Å². The van der Waals surface area contributed by atoms with Crippen molar-refractivity contribution in [2.75, 3.05) is 7.11 Å². The molecule has 0 fully saturated rings. The van der Waals surface area contributed by atoms with E-state index in [1.165, 1.54) is 24.0 Å². The summed E-state index contributed by atoms with van der Waals surface area (Å²) in [4.78, 5) is 0. The van der Waals surface area contributed by atoms with Gasteiger partial charge >= 0.3 is 0 Å². The third kappa shape index (κ3) is 2.99. The van der Waals surface area contributed by atoms with Gasteiger partial charge in [0, 0.05) is 0 Å². The van der Waals surface area contributed by atoms with Gasteiger partial charge in [-0.05, 0) is 43.4 Å². The van der Waals surface area contributed by atoms with Gasteiger partial charge in [-0.2, -0.15) is 0 Å². The van der Waals surface area contributed by atoms with E-state index >= 15 is 0 Å². The van der Waals surface area contributed by atoms with Gasteiger partial charge in [0.2, 0.25) is 0 Å². The van der Waals surface area contributed by atoms with Crippen molar-refractivity contribution in [2.24, 2.45) is 0 Å². The molecule has 0 unspecified atom stereocenters. The topological polar surface area (TPSA) is 9.23 Å². The smallest absolute Gasteiger partial charge is 0.118 e. The van der Waals surface area contributed by atoms with Crippen molar-refractivity contribution in [3.8, 4) is 5.75 Å². The van der Waals surface area contributed by atoms with Gasteiger partial charge in [0.1, 0.15) is 5.75 Å². The second-order valence-electron chi connectivity index (χ2n) is 4.12. The highest BCUT2D eigenvalue weighted by atomic mass is 16.5. The molecular weight excluding hydrogens is 196 g/mol. The van der Waals surface area contributed by atoms with E-state index < -0.39 is 0 Å². The highest BCUT2D eigenvalue weighted by molar-refractivity contribution is 5.28. The highest BCUT2D eigenvalue weighted by Crippen LogP contribution is 2.17. The summed E-state index contributed by atoms with van der Waals surface area (Å²) in [5, 5.41) is 0. The lowest BCUT2D eigenvalue weighted by molar-refractivity contribution is 0.414. The first-order valence-corrected chi connectivity index (χ1v) is 5.87. The van der Waals surface area contributed by atoms with Crippen molar-refractivity contribution in [3.05, 3.63) is 53.6 Å². The fraction of sp³-hybridized carbons (Fsp3) is 0.333. The number of hydrogen-bond acceptors (Lipinski definition) is 1. The van der Waals surface area contributed by atoms with Crippen molar-refractivity contribution >= 4 is 0 Å². The van der Waals surface area contributed by atoms with Crippen LogP contribution in [-0.4, -0.2) is 7.11 Å². The van der Waals surface area contributed by atoms with Gasteiger partial charge in [0.25, 0.3) is 0 Å². The van der Waals surface area contributed by atoms with Crippen molar-refractivity contribution in [1.29, 1.82) is 0 Å². The summed E-state index contributed by atoms with van der Waals surface area (Å²) in [6.07, 6.45) is 11.5. The molecule has 2 rings (SSSR count). The number of methoxy groups -OCH3 is 1. The summed E-state index contributed by atoms with van der Waals surface area (Å²) >= 11 is 0. The maximum absolute atomic E-state index is 5.14. The molecule has 84 valence electrons. The minimum Gasteiger partial charge on any atom is -0.497 e. The fourth-order valence-corrected chi connectivity index (χ4v) is 1.98. The lowest BCUT2D eigenvalue weighted by Crippen LogP contribution is -1.88. The molecule has 1 aromatic rings. The molecule has 0 heterocycles. The molecule has 0 spiro atoms. The van der Waals surface area contributed by atoms with Crippen molar-refractivity contribution in [3.63, 3.8) is 0 Å². The number of hydrogen-bond donors (Lipinski definition) is 0. The Bertz CT molecular complexity index is 384. The van der Waals surface area contributed by atoms with Gasteiger partial charge in [-0.15, -0.1) is 0 Å². The van der Waals surface area contributed by atoms with Crippen LogP contribution in [0.25, 0.3) is 0 Å². The Hall–Kier alpha value is -1.50. The summed E-state index contributed by atoms with van der Waals surface area (Å²) < 4.78 is 5.14. The van der Waals surface area contributed by atoms with Crippen LogP contribution in [0.5, 0.6) is 5.75 Å². The first kappa shape index (κ1) is 11.0. The largest absolute Gasteiger partial charge is 0.497 e. The second kappa shape index (κ2) is 5.55. The number of aryl methyl sites for hydroxylation is 1. The molecule has 0 radical (unpaired) electrons. The van der Waals surface area contributed by atoms with E-state index in [2.05, 4.69) is 30.4 Å². The van der Waals surface area contributed by atoms with E-state index in [0.717, 1.165) is 18.6 Å². The van der Waals surface area contributed by atoms with E-state index in [4.69, 9.17) is 4.74 Å². The predicted molar refractivity (Wildman–Crippen MR) is 67.8 cm³/mol. The van der Waals surface area contributed by atoms with E-state index in [-0.39, 0.29) is 0 Å². The number of benzene rings is 1. The summed E-state index contributed by atoms with van der Waals surface area (Å²) in [5.74, 6) is 0.935. The molecule has 16 heavy (non-hydrogen) atoms. The molecule has 0 bridgehead atoms. The van der Waals surface area contributed by atoms with Gasteiger partial charge in [-0.3, -0.25) is 0 Å². The molecule has 0 N–H and O–H groups in total. The molecule has 0 aromatic heterocycles. The molecule has 1 nitrogen and oxygen atoms in total. The van der Waals surface area contributed by atoms with Gasteiger partial charge in [-0.25, -0.2) is 0 Å². The second-order valence-corrected chi connectivity index (χ2v) is 4.12. The SMILES string of the molecule is COc1ccc(CCCC2=CCC=C2)cc1. The van der Waals surface area contributed by atoms with Crippen molar-refractivity contribution in [1.82, 2.24) is 0 Å². The van der Waals surface area contributed by atoms with Gasteiger partial charge in [0.05, 0.1) is 7.11 Å². The van der Waals surface area contributed by atoms with Crippen LogP contribution in [0.4, 0.5) is 0 Å². The lowest BCUT2D eigenvalue weighted by Gasteiger charge is -2.03. The van der Waals surface area contributed by atoms with Crippen LogP contribution in [0, 0.1) is 0 Å². The van der Waals surface area contributed by atoms with Gasteiger partial charge < -0.3 is 4.74 Å². The summed E-state index contributed by atoms with van der Waals surface area (Å²) in [6, 6.07) is 8.36. The summed E-state index contributed by atoms with van der Waals surface area (Å²) in [6.45, 7) is 0. The molecule has 1 aliphatic carbocycles. The summed E-state index contributed by atoms with van der Waals surface area (Å²) in [7, 11) is 1.70. The van der Waals surface area contributed by atoms with Crippen LogP contribution in [-0.2, 0) is 6.42 Å². The molecule has 0 saturated carbocycles. The Morgan fingerprint density at radius 2 is 1.94 bits per heavy atom. The Labute approximate surface area is 97.4 Å². The summed E-state index contributed by atoms with van der Waals surface area (Å²) in [5.41, 5.74) is 2.89. The van der Waals surface area contributed by atoms with Crippen LogP contribution >= 0.6 is 0 Å². The average Bonchev–Trinajstić information content (AvgIpc) is 2.83. The molecule has 0 amide bonds. The van der Waals surface area contributed by atoms with E-state index in [1.54, 1.807) is 7.11 Å². The van der Waals surface area contributed by atoms with E-state index in [0.29, 0.717) is 0 Å². The first-order valence-electron chi connectivity index (χ1n) is 5.87. The Balaban J connectivity index is 1.78. The molecule has 1 aromatic carbocycles. The average molecular weight is 214 g/mol. The lowest BCUT2D eigenvalue weighted by atomic mass is 10.0. The maximum atomic E-state index is 5.14. The van der Waals surface area contributed by atoms with Crippen LogP contribution in [0.15, 0.2) is 48.1 Å². The van der Waals surface area contributed by atoms with Crippen LogP contribution in [0.3, 0.4) is 0 Å². The zero-order chi connectivity index (χ0) is 11.2. The van der Waals surface area contributed by atoms with Crippen LogP contribution in [0.2, 0.25) is 0 Å². The zero-order valence-electron chi connectivity index (χ0n) is 9.78. The molecule has 1 heteroatoms. The molecule has 0 aliphatic heterocycles. The van der Waals surface area contributed by atoms with Crippen LogP contribution in [0.1, 0.15) is 24.8 Å². The van der Waals surface area contributed by atoms with Crippen molar-refractivity contribution < 1.29 is 4.74 Å². The van der Waals surface area contributed by atoms with Gasteiger partial charge in [0.15, 0.2) is 0 Å². The zero-order valence-corrected chi connectivity index (χ0v) is 9.78. The molecule has 1 aliphatic rings. The number of rotatable bonds is 5. The number of ether oxygens (including phenoxy) is 1. The van der Waals surface area contributed by atoms with E-state index in [9.17, 15) is 0 Å². The Morgan fingerprint density at radius 1 is 1.12 bits per heavy atom. The minimum absolute atomic E-state index is 0.935. The third-order valence-corrected chi connectivity index (χ3v) is 2.94.